The zero-order valence-corrected chi connectivity index (χ0v) is 16.8. The first-order chi connectivity index (χ1) is 13.3. The van der Waals surface area contributed by atoms with E-state index in [1.165, 1.54) is 51.7 Å². The lowest BCUT2D eigenvalue weighted by Crippen LogP contribution is -2.51. The number of amides is 1. The lowest BCUT2D eigenvalue weighted by atomic mass is 10.2. The molecule has 1 atom stereocenters. The summed E-state index contributed by atoms with van der Waals surface area (Å²) in [5.74, 6) is 0.424. The van der Waals surface area contributed by atoms with Crippen molar-refractivity contribution >= 4 is 38.9 Å². The molecule has 0 saturated heterocycles. The minimum Gasteiger partial charge on any atom is -0.493 e. The number of carbonyl (C=O) groups excluding carboxylic acids is 1. The zero-order chi connectivity index (χ0) is 20.5. The van der Waals surface area contributed by atoms with Crippen LogP contribution in [0.15, 0.2) is 35.2 Å². The molecule has 0 radical (unpaired) electrons. The molecule has 0 unspecified atom stereocenters. The smallest absolute Gasteiger partial charge is 0.262 e. The van der Waals surface area contributed by atoms with Gasteiger partial charge < -0.3 is 24.8 Å². The summed E-state index contributed by atoms with van der Waals surface area (Å²) in [6.07, 6.45) is -1.22. The van der Waals surface area contributed by atoms with E-state index >= 15 is 0 Å². The van der Waals surface area contributed by atoms with Crippen LogP contribution in [0.3, 0.4) is 0 Å². The Balaban J connectivity index is 1.87. The highest BCUT2D eigenvalue weighted by Gasteiger charge is 2.33. The van der Waals surface area contributed by atoms with Crippen molar-refractivity contribution in [3.8, 4) is 17.2 Å². The Morgan fingerprint density at radius 3 is 2.29 bits per heavy atom. The number of carbonyl (C=O) groups is 1. The normalized spacial score (nSPS) is 17.1. The summed E-state index contributed by atoms with van der Waals surface area (Å²) in [4.78, 5) is 12.6. The molecular weight excluding hydrogens is 410 g/mol. The molecule has 1 heterocycles. The number of anilines is 2. The van der Waals surface area contributed by atoms with Crippen molar-refractivity contribution in [3.63, 3.8) is 0 Å². The molecule has 0 saturated carbocycles. The maximum Gasteiger partial charge on any atom is 0.262 e. The first-order valence-electron chi connectivity index (χ1n) is 7.98. The summed E-state index contributed by atoms with van der Waals surface area (Å²) in [7, 11) is 0.439. The van der Waals surface area contributed by atoms with E-state index in [2.05, 4.69) is 15.4 Å². The van der Waals surface area contributed by atoms with Crippen LogP contribution in [0.5, 0.6) is 17.2 Å². The van der Waals surface area contributed by atoms with Gasteiger partial charge in [0.15, 0.2) is 17.7 Å². The second-order valence-electron chi connectivity index (χ2n) is 5.74. The number of halogens is 1. The van der Waals surface area contributed by atoms with Crippen molar-refractivity contribution in [2.24, 2.45) is 0 Å². The van der Waals surface area contributed by atoms with Crippen LogP contribution in [0.25, 0.3) is 0 Å². The fraction of sp³-hybridized carbons (Fsp3) is 0.235. The molecule has 3 rings (SSSR count). The molecule has 1 aliphatic rings. The van der Waals surface area contributed by atoms with E-state index in [4.69, 9.17) is 25.8 Å². The number of hydrogen-bond donors (Lipinski definition) is 3. The number of ether oxygens (including phenoxy) is 3. The SMILES string of the molecule is COc1cc(NC(=O)[C@@H]2Nc3ccc(Cl)cc3S(=O)(=O)N2)cc(OC)c1OC. The first-order valence-corrected chi connectivity index (χ1v) is 9.84. The number of hydrogen-bond acceptors (Lipinski definition) is 7. The molecule has 1 aliphatic heterocycles. The zero-order valence-electron chi connectivity index (χ0n) is 15.2. The fourth-order valence-corrected chi connectivity index (χ4v) is 4.27. The molecule has 0 spiro atoms. The Kier molecular flexibility index (Phi) is 5.54. The van der Waals surface area contributed by atoms with Gasteiger partial charge in [-0.25, -0.2) is 8.42 Å². The summed E-state index contributed by atoms with van der Waals surface area (Å²) in [5, 5.41) is 5.72. The molecule has 0 bridgehead atoms. The first kappa shape index (κ1) is 20.1. The Hall–Kier alpha value is -2.69. The number of sulfonamides is 1. The van der Waals surface area contributed by atoms with Crippen LogP contribution in [0.1, 0.15) is 0 Å². The largest absolute Gasteiger partial charge is 0.493 e. The van der Waals surface area contributed by atoms with Gasteiger partial charge in [-0.05, 0) is 18.2 Å². The van der Waals surface area contributed by atoms with Gasteiger partial charge in [0, 0.05) is 22.8 Å². The molecule has 3 N–H and O–H groups in total. The molecule has 1 amide bonds. The Labute approximate surface area is 167 Å². The molecule has 9 nitrogen and oxygen atoms in total. The minimum atomic E-state index is -3.91. The fourth-order valence-electron chi connectivity index (χ4n) is 2.73. The van der Waals surface area contributed by atoms with Gasteiger partial charge >= 0.3 is 0 Å². The molecular formula is C17H18ClN3O6S. The van der Waals surface area contributed by atoms with Crippen molar-refractivity contribution < 1.29 is 27.4 Å². The van der Waals surface area contributed by atoms with Crippen molar-refractivity contribution in [3.05, 3.63) is 35.4 Å². The van der Waals surface area contributed by atoms with Crippen molar-refractivity contribution in [1.29, 1.82) is 0 Å². The van der Waals surface area contributed by atoms with Gasteiger partial charge in [-0.1, -0.05) is 11.6 Å². The second-order valence-corrected chi connectivity index (χ2v) is 7.86. The third kappa shape index (κ3) is 3.79. The van der Waals surface area contributed by atoms with Crippen molar-refractivity contribution in [2.75, 3.05) is 32.0 Å². The van der Waals surface area contributed by atoms with E-state index in [-0.39, 0.29) is 15.6 Å². The molecule has 28 heavy (non-hydrogen) atoms. The Bertz CT molecular complexity index is 1000. The maximum absolute atomic E-state index is 12.6. The highest BCUT2D eigenvalue weighted by atomic mass is 35.5. The predicted octanol–water partition coefficient (Wildman–Crippen LogP) is 2.03. The van der Waals surface area contributed by atoms with Crippen LogP contribution < -0.4 is 29.6 Å². The quantitative estimate of drug-likeness (QED) is 0.668. The molecule has 11 heteroatoms. The average Bonchev–Trinajstić information content (AvgIpc) is 2.67. The van der Waals surface area contributed by atoms with Crippen LogP contribution >= 0.6 is 11.6 Å². The maximum atomic E-state index is 12.6. The minimum absolute atomic E-state index is 0.0307. The predicted molar refractivity (Wildman–Crippen MR) is 104 cm³/mol. The molecule has 150 valence electrons. The molecule has 0 aliphatic carbocycles. The standard InChI is InChI=1S/C17H18ClN3O6S/c1-25-12-7-10(8-13(26-2)15(12)27-3)19-17(22)16-20-11-5-4-9(18)6-14(11)28(23,24)21-16/h4-8,16,20-21H,1-3H3,(H,19,22)/t16-/m1/s1. The van der Waals surface area contributed by atoms with Gasteiger partial charge in [0.1, 0.15) is 4.90 Å². The van der Waals surface area contributed by atoms with Crippen molar-refractivity contribution in [2.45, 2.75) is 11.1 Å². The summed E-state index contributed by atoms with van der Waals surface area (Å²) < 4.78 is 42.9. The highest BCUT2D eigenvalue weighted by Crippen LogP contribution is 2.40. The van der Waals surface area contributed by atoms with Gasteiger partial charge in [0.25, 0.3) is 5.91 Å². The van der Waals surface area contributed by atoms with E-state index in [1.807, 2.05) is 0 Å². The van der Waals surface area contributed by atoms with Crippen LogP contribution in [0, 0.1) is 0 Å². The monoisotopic (exact) mass is 427 g/mol. The van der Waals surface area contributed by atoms with Gasteiger partial charge in [-0.2, -0.15) is 4.72 Å². The van der Waals surface area contributed by atoms with Crippen molar-refractivity contribution in [1.82, 2.24) is 4.72 Å². The number of methoxy groups -OCH3 is 3. The van der Waals surface area contributed by atoms with E-state index in [0.717, 1.165) is 0 Å². The number of benzene rings is 2. The van der Waals surface area contributed by atoms with Gasteiger partial charge in [-0.3, -0.25) is 4.79 Å². The van der Waals surface area contributed by atoms with Crippen LogP contribution in [0.2, 0.25) is 5.02 Å². The van der Waals surface area contributed by atoms with E-state index < -0.39 is 22.1 Å². The Morgan fingerprint density at radius 2 is 1.71 bits per heavy atom. The van der Waals surface area contributed by atoms with Gasteiger partial charge in [0.2, 0.25) is 15.8 Å². The van der Waals surface area contributed by atoms with Crippen LogP contribution in [-0.4, -0.2) is 41.8 Å². The molecule has 2 aromatic carbocycles. The Morgan fingerprint density at radius 1 is 1.07 bits per heavy atom. The van der Waals surface area contributed by atoms with Gasteiger partial charge in [-0.15, -0.1) is 0 Å². The summed E-state index contributed by atoms with van der Waals surface area (Å²) in [6.45, 7) is 0. The van der Waals surface area contributed by atoms with Crippen LogP contribution in [-0.2, 0) is 14.8 Å². The summed E-state index contributed by atoms with van der Waals surface area (Å²) in [5.41, 5.74) is 0.607. The van der Waals surface area contributed by atoms with E-state index in [0.29, 0.717) is 22.9 Å². The second kappa shape index (κ2) is 7.74. The third-order valence-corrected chi connectivity index (χ3v) is 5.70. The number of nitrogens with one attached hydrogen (secondary N) is 3. The average molecular weight is 428 g/mol. The summed E-state index contributed by atoms with van der Waals surface area (Å²) in [6, 6.07) is 7.40. The topological polar surface area (TPSA) is 115 Å². The highest BCUT2D eigenvalue weighted by molar-refractivity contribution is 7.89. The molecule has 0 fully saturated rings. The molecule has 0 aromatic heterocycles. The van der Waals surface area contributed by atoms with Gasteiger partial charge in [0.05, 0.1) is 27.0 Å². The molecule has 2 aromatic rings. The number of fused-ring (bicyclic) bond motifs is 1. The van der Waals surface area contributed by atoms with E-state index in [9.17, 15) is 13.2 Å². The summed E-state index contributed by atoms with van der Waals surface area (Å²) >= 11 is 5.86. The van der Waals surface area contributed by atoms with Crippen LogP contribution in [0.4, 0.5) is 11.4 Å². The van der Waals surface area contributed by atoms with E-state index in [1.54, 1.807) is 0 Å². The third-order valence-electron chi connectivity index (χ3n) is 4.00. The lowest BCUT2D eigenvalue weighted by Gasteiger charge is -2.27. The number of rotatable bonds is 5. The lowest BCUT2D eigenvalue weighted by molar-refractivity contribution is -0.117.